The normalized spacial score (nSPS) is 10.1. The lowest BCUT2D eigenvalue weighted by molar-refractivity contribution is -0.301. The minimum absolute atomic E-state index is 0.0268. The zero-order chi connectivity index (χ0) is 13.7. The van der Waals surface area contributed by atoms with Crippen LogP contribution >= 0.6 is 11.8 Å². The average Bonchev–Trinajstić information content (AvgIpc) is 2.25. The second kappa shape index (κ2) is 6.20. The highest BCUT2D eigenvalue weighted by Gasteiger charge is 2.18. The Hall–Kier alpha value is -1.83. The van der Waals surface area contributed by atoms with E-state index in [0.29, 0.717) is 0 Å². The van der Waals surface area contributed by atoms with Gasteiger partial charge < -0.3 is 19.6 Å². The largest absolute Gasteiger partial charge is 0.549 e. The van der Waals surface area contributed by atoms with Crippen LogP contribution in [-0.2, 0) is 9.53 Å². The minimum atomic E-state index is -1.31. The summed E-state index contributed by atoms with van der Waals surface area (Å²) in [5.41, 5.74) is -0.293. The molecular formula is C10H11N2O5S-. The fraction of sp³-hybridized carbons (Fsp3) is 0.400. The molecule has 98 valence electrons. The van der Waals surface area contributed by atoms with Gasteiger partial charge in [0, 0.05) is 11.4 Å². The standard InChI is InChI=1S/C10H12N2O5S/c1-3-17-9(15)7-5(2)11-10(16)12-8(7)18-4-6(13)14/h3-4H2,1-2H3,(H,13,14)(H,11,12,16)/p-1. The molecule has 0 spiro atoms. The number of rotatable bonds is 5. The fourth-order valence-electron chi connectivity index (χ4n) is 1.23. The summed E-state index contributed by atoms with van der Waals surface area (Å²) < 4.78 is 4.82. The van der Waals surface area contributed by atoms with Crippen molar-refractivity contribution in [3.63, 3.8) is 0 Å². The number of nitrogens with one attached hydrogen (secondary N) is 1. The number of nitrogens with zero attached hydrogens (tertiary/aromatic N) is 1. The quantitative estimate of drug-likeness (QED) is 0.419. The molecule has 18 heavy (non-hydrogen) atoms. The predicted octanol–water partition coefficient (Wildman–Crippen LogP) is -0.903. The van der Waals surface area contributed by atoms with E-state index in [9.17, 15) is 19.5 Å². The number of carbonyl (C=O) groups is 2. The maximum atomic E-state index is 11.7. The number of H-pyrrole nitrogens is 1. The van der Waals surface area contributed by atoms with E-state index >= 15 is 0 Å². The molecule has 0 aliphatic heterocycles. The van der Waals surface area contributed by atoms with Crippen LogP contribution in [0.25, 0.3) is 0 Å². The van der Waals surface area contributed by atoms with Crippen LogP contribution < -0.4 is 10.8 Å². The number of carboxylic acid groups (broad SMARTS) is 1. The van der Waals surface area contributed by atoms with Crippen molar-refractivity contribution in [3.8, 4) is 0 Å². The van der Waals surface area contributed by atoms with Crippen molar-refractivity contribution in [2.45, 2.75) is 18.9 Å². The third-order valence-corrected chi connectivity index (χ3v) is 2.84. The third kappa shape index (κ3) is 3.59. The summed E-state index contributed by atoms with van der Waals surface area (Å²) in [5.74, 6) is -2.36. The van der Waals surface area contributed by atoms with E-state index in [0.717, 1.165) is 11.8 Å². The number of aliphatic carboxylic acids is 1. The van der Waals surface area contributed by atoms with Gasteiger partial charge in [0.2, 0.25) is 0 Å². The van der Waals surface area contributed by atoms with Gasteiger partial charge in [0.15, 0.2) is 0 Å². The zero-order valence-corrected chi connectivity index (χ0v) is 10.6. The number of aryl methyl sites for hydroxylation is 1. The SMILES string of the molecule is CCOC(=O)c1c(SCC(=O)[O-])nc(=O)[nH]c1C. The van der Waals surface area contributed by atoms with Gasteiger partial charge in [0.1, 0.15) is 10.6 Å². The van der Waals surface area contributed by atoms with Crippen molar-refractivity contribution < 1.29 is 19.4 Å². The smallest absolute Gasteiger partial charge is 0.346 e. The van der Waals surface area contributed by atoms with Gasteiger partial charge in [-0.1, -0.05) is 11.8 Å². The highest BCUT2D eigenvalue weighted by atomic mass is 32.2. The molecule has 0 aromatic carbocycles. The number of carbonyl (C=O) groups excluding carboxylic acids is 2. The van der Waals surface area contributed by atoms with Gasteiger partial charge in [0.05, 0.1) is 12.6 Å². The molecule has 1 heterocycles. The molecule has 0 bridgehead atoms. The molecule has 7 nitrogen and oxygen atoms in total. The van der Waals surface area contributed by atoms with E-state index in [4.69, 9.17) is 4.74 Å². The molecule has 0 saturated heterocycles. The number of hydrogen-bond donors (Lipinski definition) is 1. The molecule has 1 rings (SSSR count). The Labute approximate surface area is 107 Å². The molecule has 0 aliphatic rings. The number of carboxylic acids is 1. The number of aromatic amines is 1. The molecule has 1 aromatic heterocycles. The second-order valence-electron chi connectivity index (χ2n) is 3.23. The summed E-state index contributed by atoms with van der Waals surface area (Å²) in [7, 11) is 0. The van der Waals surface area contributed by atoms with Crippen LogP contribution in [0.15, 0.2) is 9.82 Å². The number of hydrogen-bond acceptors (Lipinski definition) is 7. The first-order chi connectivity index (χ1) is 8.45. The van der Waals surface area contributed by atoms with Crippen molar-refractivity contribution in [2.24, 2.45) is 0 Å². The lowest BCUT2D eigenvalue weighted by Crippen LogP contribution is -2.25. The van der Waals surface area contributed by atoms with Crippen LogP contribution in [0.5, 0.6) is 0 Å². The molecule has 0 fully saturated rings. The van der Waals surface area contributed by atoms with Crippen LogP contribution in [0.2, 0.25) is 0 Å². The third-order valence-electron chi connectivity index (χ3n) is 1.89. The van der Waals surface area contributed by atoms with Gasteiger partial charge in [-0.25, -0.2) is 9.59 Å². The molecule has 0 saturated carbocycles. The van der Waals surface area contributed by atoms with Gasteiger partial charge in [-0.2, -0.15) is 4.98 Å². The first kappa shape index (κ1) is 14.2. The maximum Gasteiger partial charge on any atom is 0.346 e. The first-order valence-corrected chi connectivity index (χ1v) is 6.05. The molecule has 0 aliphatic carbocycles. The van der Waals surface area contributed by atoms with Crippen LogP contribution in [0, 0.1) is 6.92 Å². The number of thioether (sulfide) groups is 1. The van der Waals surface area contributed by atoms with Gasteiger partial charge in [-0.3, -0.25) is 0 Å². The van der Waals surface area contributed by atoms with Crippen LogP contribution in [0.1, 0.15) is 23.0 Å². The monoisotopic (exact) mass is 271 g/mol. The van der Waals surface area contributed by atoms with Crippen molar-refractivity contribution in [1.82, 2.24) is 9.97 Å². The Morgan fingerprint density at radius 3 is 2.72 bits per heavy atom. The molecule has 1 N–H and O–H groups in total. The fourth-order valence-corrected chi connectivity index (χ4v) is 2.02. The van der Waals surface area contributed by atoms with Crippen molar-refractivity contribution in [3.05, 3.63) is 21.7 Å². The Bertz CT molecular complexity index is 525. The van der Waals surface area contributed by atoms with Crippen LogP contribution in [0.4, 0.5) is 0 Å². The summed E-state index contributed by atoms with van der Waals surface area (Å²) in [4.78, 5) is 39.2. The van der Waals surface area contributed by atoms with Gasteiger partial charge in [0.25, 0.3) is 0 Å². The highest BCUT2D eigenvalue weighted by molar-refractivity contribution is 7.99. The first-order valence-electron chi connectivity index (χ1n) is 5.06. The lowest BCUT2D eigenvalue weighted by atomic mass is 10.2. The molecule has 8 heteroatoms. The Balaban J connectivity index is 3.16. The predicted molar refractivity (Wildman–Crippen MR) is 61.3 cm³/mol. The van der Waals surface area contributed by atoms with E-state index < -0.39 is 23.4 Å². The van der Waals surface area contributed by atoms with E-state index in [1.54, 1.807) is 6.92 Å². The van der Waals surface area contributed by atoms with E-state index in [2.05, 4.69) is 9.97 Å². The maximum absolute atomic E-state index is 11.7. The molecule has 0 unspecified atom stereocenters. The summed E-state index contributed by atoms with van der Waals surface area (Å²) in [6, 6.07) is 0. The van der Waals surface area contributed by atoms with Crippen molar-refractivity contribution in [1.29, 1.82) is 0 Å². The van der Waals surface area contributed by atoms with E-state index in [1.807, 2.05) is 0 Å². The second-order valence-corrected chi connectivity index (χ2v) is 4.19. The molecule has 0 atom stereocenters. The molecule has 0 radical (unpaired) electrons. The van der Waals surface area contributed by atoms with Gasteiger partial charge in [-0.05, 0) is 13.8 Å². The number of esters is 1. The average molecular weight is 271 g/mol. The summed E-state index contributed by atoms with van der Waals surface area (Å²) in [6.07, 6.45) is 0. The van der Waals surface area contributed by atoms with Gasteiger partial charge >= 0.3 is 11.7 Å². The van der Waals surface area contributed by atoms with Crippen molar-refractivity contribution >= 4 is 23.7 Å². The topological polar surface area (TPSA) is 112 Å². The molecule has 1 aromatic rings. The minimum Gasteiger partial charge on any atom is -0.549 e. The van der Waals surface area contributed by atoms with Crippen LogP contribution in [-0.4, -0.2) is 34.3 Å². The number of aromatic nitrogens is 2. The summed E-state index contributed by atoms with van der Waals surface area (Å²) in [5, 5.41) is 10.4. The Morgan fingerprint density at radius 2 is 2.17 bits per heavy atom. The van der Waals surface area contributed by atoms with Gasteiger partial charge in [-0.15, -0.1) is 0 Å². The Kier molecular flexibility index (Phi) is 4.90. The van der Waals surface area contributed by atoms with Crippen LogP contribution in [0.3, 0.4) is 0 Å². The van der Waals surface area contributed by atoms with E-state index in [-0.39, 0.29) is 22.9 Å². The molecular weight excluding hydrogens is 260 g/mol. The summed E-state index contributed by atoms with van der Waals surface area (Å²) in [6.45, 7) is 3.32. The highest BCUT2D eigenvalue weighted by Crippen LogP contribution is 2.21. The lowest BCUT2D eigenvalue weighted by Gasteiger charge is -2.09. The van der Waals surface area contributed by atoms with E-state index in [1.165, 1.54) is 6.92 Å². The van der Waals surface area contributed by atoms with Crippen molar-refractivity contribution in [2.75, 3.05) is 12.4 Å². The summed E-state index contributed by atoms with van der Waals surface area (Å²) >= 11 is 0.744. The Morgan fingerprint density at radius 1 is 1.50 bits per heavy atom. The number of ether oxygens (including phenoxy) is 1. The zero-order valence-electron chi connectivity index (χ0n) is 9.81. The molecule has 0 amide bonds.